The van der Waals surface area contributed by atoms with Crippen molar-refractivity contribution in [1.29, 1.82) is 0 Å². The maximum Gasteiger partial charge on any atom is 0.129 e. The molecule has 2 unspecified atom stereocenters. The predicted octanol–water partition coefficient (Wildman–Crippen LogP) is 2.84. The first-order valence-corrected chi connectivity index (χ1v) is 6.06. The Hall–Kier alpha value is -0.930. The first kappa shape index (κ1) is 14.1. The molecule has 3 heteroatoms. The van der Waals surface area contributed by atoms with Crippen molar-refractivity contribution in [3.63, 3.8) is 0 Å². The van der Waals surface area contributed by atoms with Crippen molar-refractivity contribution in [3.05, 3.63) is 35.6 Å². The number of hydrogen-bond acceptors (Lipinski definition) is 2. The highest BCUT2D eigenvalue weighted by Gasteiger charge is 2.21. The average molecular weight is 239 g/mol. The maximum atomic E-state index is 13.5. The molecule has 17 heavy (non-hydrogen) atoms. The zero-order chi connectivity index (χ0) is 13.0. The third-order valence-electron chi connectivity index (χ3n) is 3.22. The molecule has 0 radical (unpaired) electrons. The third-order valence-corrected chi connectivity index (χ3v) is 3.22. The highest BCUT2D eigenvalue weighted by Crippen LogP contribution is 2.24. The van der Waals surface area contributed by atoms with Gasteiger partial charge in [-0.2, -0.15) is 0 Å². The van der Waals surface area contributed by atoms with Crippen LogP contribution in [0.2, 0.25) is 0 Å². The number of aliphatic hydroxyl groups excluding tert-OH is 1. The lowest BCUT2D eigenvalue weighted by Crippen LogP contribution is -2.33. The van der Waals surface area contributed by atoms with Crippen LogP contribution in [0, 0.1) is 11.7 Å². The molecule has 0 saturated carbocycles. The molecule has 2 nitrogen and oxygen atoms in total. The van der Waals surface area contributed by atoms with Crippen LogP contribution in [0.1, 0.15) is 32.4 Å². The summed E-state index contributed by atoms with van der Waals surface area (Å²) in [6.07, 6.45) is -0.752. The molecule has 0 saturated heterocycles. The van der Waals surface area contributed by atoms with E-state index in [9.17, 15) is 9.50 Å². The number of benzene rings is 1. The Morgan fingerprint density at radius 2 is 1.82 bits per heavy atom. The number of aliphatic hydroxyl groups is 1. The molecule has 0 amide bonds. The molecule has 1 aromatic carbocycles. The summed E-state index contributed by atoms with van der Waals surface area (Å²) in [6.45, 7) is 6.88. The summed E-state index contributed by atoms with van der Waals surface area (Å²) in [7, 11) is 2.01. The van der Waals surface area contributed by atoms with E-state index in [2.05, 4.69) is 18.7 Å². The Bertz CT molecular complexity index is 354. The molecule has 2 atom stereocenters. The van der Waals surface area contributed by atoms with Crippen molar-refractivity contribution < 1.29 is 9.50 Å². The summed E-state index contributed by atoms with van der Waals surface area (Å²) >= 11 is 0. The van der Waals surface area contributed by atoms with E-state index < -0.39 is 6.10 Å². The van der Waals surface area contributed by atoms with E-state index >= 15 is 0 Å². The lowest BCUT2D eigenvalue weighted by molar-refractivity contribution is 0.0848. The van der Waals surface area contributed by atoms with E-state index in [-0.39, 0.29) is 11.7 Å². The summed E-state index contributed by atoms with van der Waals surface area (Å²) in [6, 6.07) is 6.84. The van der Waals surface area contributed by atoms with Crippen molar-refractivity contribution in [2.75, 3.05) is 13.6 Å². The Morgan fingerprint density at radius 3 is 2.35 bits per heavy atom. The van der Waals surface area contributed by atoms with E-state index in [1.165, 1.54) is 6.07 Å². The van der Waals surface area contributed by atoms with Gasteiger partial charge in [0.05, 0.1) is 6.10 Å². The lowest BCUT2D eigenvalue weighted by atomic mass is 9.96. The SMILES string of the molecule is CC(CN(C)C(C)C)C(O)c1ccccc1F. The van der Waals surface area contributed by atoms with Crippen molar-refractivity contribution in [2.24, 2.45) is 5.92 Å². The van der Waals surface area contributed by atoms with E-state index in [1.54, 1.807) is 18.2 Å². The smallest absolute Gasteiger partial charge is 0.129 e. The number of rotatable bonds is 5. The fourth-order valence-corrected chi connectivity index (χ4v) is 1.79. The Labute approximate surface area is 103 Å². The molecular formula is C14H22FNO. The van der Waals surface area contributed by atoms with Crippen LogP contribution in [0.3, 0.4) is 0 Å². The second-order valence-electron chi connectivity index (χ2n) is 4.98. The van der Waals surface area contributed by atoms with E-state index in [0.717, 1.165) is 6.54 Å². The monoisotopic (exact) mass is 239 g/mol. The zero-order valence-electron chi connectivity index (χ0n) is 11.0. The molecule has 0 bridgehead atoms. The number of hydrogen-bond donors (Lipinski definition) is 1. The first-order chi connectivity index (χ1) is 7.93. The van der Waals surface area contributed by atoms with Gasteiger partial charge in [0.25, 0.3) is 0 Å². The lowest BCUT2D eigenvalue weighted by Gasteiger charge is -2.27. The first-order valence-electron chi connectivity index (χ1n) is 6.06. The van der Waals surface area contributed by atoms with Gasteiger partial charge in [0.15, 0.2) is 0 Å². The van der Waals surface area contributed by atoms with Gasteiger partial charge in [-0.25, -0.2) is 4.39 Å². The van der Waals surface area contributed by atoms with Gasteiger partial charge in [0, 0.05) is 18.2 Å². The van der Waals surface area contributed by atoms with Gasteiger partial charge in [-0.05, 0) is 32.9 Å². The topological polar surface area (TPSA) is 23.5 Å². The minimum Gasteiger partial charge on any atom is -0.388 e. The third kappa shape index (κ3) is 3.79. The standard InChI is InChI=1S/C14H22FNO/c1-10(2)16(4)9-11(3)14(17)12-7-5-6-8-13(12)15/h5-8,10-11,14,17H,9H2,1-4H3. The van der Waals surface area contributed by atoms with Crippen molar-refractivity contribution in [1.82, 2.24) is 4.90 Å². The van der Waals surface area contributed by atoms with Crippen LogP contribution in [-0.4, -0.2) is 29.6 Å². The Morgan fingerprint density at radius 1 is 1.24 bits per heavy atom. The van der Waals surface area contributed by atoms with Crippen molar-refractivity contribution in [2.45, 2.75) is 32.9 Å². The summed E-state index contributed by atoms with van der Waals surface area (Å²) < 4.78 is 13.5. The van der Waals surface area contributed by atoms with Gasteiger partial charge in [0.2, 0.25) is 0 Å². The molecule has 0 spiro atoms. The zero-order valence-corrected chi connectivity index (χ0v) is 11.0. The summed E-state index contributed by atoms with van der Waals surface area (Å²) in [5.74, 6) is -0.335. The molecule has 0 heterocycles. The van der Waals surface area contributed by atoms with Crippen LogP contribution < -0.4 is 0 Å². The minimum atomic E-state index is -0.752. The maximum absolute atomic E-state index is 13.5. The number of halogens is 1. The van der Waals surface area contributed by atoms with Gasteiger partial charge < -0.3 is 10.0 Å². The highest BCUT2D eigenvalue weighted by atomic mass is 19.1. The predicted molar refractivity (Wildman–Crippen MR) is 68.3 cm³/mol. The molecule has 1 rings (SSSR count). The number of nitrogens with zero attached hydrogens (tertiary/aromatic N) is 1. The molecule has 0 aliphatic heterocycles. The van der Waals surface area contributed by atoms with Gasteiger partial charge in [-0.15, -0.1) is 0 Å². The molecule has 0 aliphatic carbocycles. The van der Waals surface area contributed by atoms with Crippen molar-refractivity contribution in [3.8, 4) is 0 Å². The molecule has 96 valence electrons. The normalized spacial score (nSPS) is 15.3. The molecule has 1 aromatic rings. The van der Waals surface area contributed by atoms with Crippen LogP contribution in [0.25, 0.3) is 0 Å². The van der Waals surface area contributed by atoms with E-state index in [4.69, 9.17) is 0 Å². The molecule has 0 fully saturated rings. The quantitative estimate of drug-likeness (QED) is 0.854. The van der Waals surface area contributed by atoms with Crippen molar-refractivity contribution >= 4 is 0 Å². The fraction of sp³-hybridized carbons (Fsp3) is 0.571. The summed E-state index contributed by atoms with van der Waals surface area (Å²) in [5, 5.41) is 10.1. The minimum absolute atomic E-state index is 0.000648. The average Bonchev–Trinajstić information content (AvgIpc) is 2.28. The van der Waals surface area contributed by atoms with E-state index in [0.29, 0.717) is 11.6 Å². The van der Waals surface area contributed by atoms with Gasteiger partial charge in [0.1, 0.15) is 5.82 Å². The van der Waals surface area contributed by atoms with Crippen LogP contribution >= 0.6 is 0 Å². The van der Waals surface area contributed by atoms with Crippen LogP contribution in [0.15, 0.2) is 24.3 Å². The molecular weight excluding hydrogens is 217 g/mol. The fourth-order valence-electron chi connectivity index (χ4n) is 1.79. The Balaban J connectivity index is 2.70. The molecule has 0 aliphatic rings. The highest BCUT2D eigenvalue weighted by molar-refractivity contribution is 5.20. The summed E-state index contributed by atoms with van der Waals surface area (Å²) in [4.78, 5) is 2.15. The van der Waals surface area contributed by atoms with Gasteiger partial charge >= 0.3 is 0 Å². The Kier molecular flexibility index (Phi) is 5.09. The van der Waals surface area contributed by atoms with E-state index in [1.807, 2.05) is 14.0 Å². The van der Waals surface area contributed by atoms with Crippen LogP contribution in [0.5, 0.6) is 0 Å². The largest absolute Gasteiger partial charge is 0.388 e. The second kappa shape index (κ2) is 6.12. The van der Waals surface area contributed by atoms with Crippen LogP contribution in [-0.2, 0) is 0 Å². The van der Waals surface area contributed by atoms with Gasteiger partial charge in [-0.1, -0.05) is 25.1 Å². The van der Waals surface area contributed by atoms with Gasteiger partial charge in [-0.3, -0.25) is 0 Å². The molecule has 0 aromatic heterocycles. The van der Waals surface area contributed by atoms with Crippen LogP contribution in [0.4, 0.5) is 4.39 Å². The molecule has 1 N–H and O–H groups in total. The summed E-state index contributed by atoms with van der Waals surface area (Å²) in [5.41, 5.74) is 0.386. The second-order valence-corrected chi connectivity index (χ2v) is 4.98.